The summed E-state index contributed by atoms with van der Waals surface area (Å²) in [6, 6.07) is 12.0. The Morgan fingerprint density at radius 2 is 2.06 bits per heavy atom. The second kappa shape index (κ2) is 6.18. The summed E-state index contributed by atoms with van der Waals surface area (Å²) in [4.78, 5) is 2.58. The molecule has 0 aliphatic carbocycles. The molecule has 1 aromatic rings. The third-order valence-corrected chi connectivity index (χ3v) is 3.62. The van der Waals surface area contributed by atoms with Crippen LogP contribution >= 0.6 is 0 Å². The van der Waals surface area contributed by atoms with Crippen molar-refractivity contribution in [1.29, 1.82) is 0 Å². The molecule has 1 atom stereocenters. The molecule has 1 saturated heterocycles. The Bertz CT molecular complexity index is 321. The first-order valence-corrected chi connectivity index (χ1v) is 6.77. The molecule has 94 valence electrons. The van der Waals surface area contributed by atoms with Crippen molar-refractivity contribution in [2.24, 2.45) is 0 Å². The van der Waals surface area contributed by atoms with Gasteiger partial charge < -0.3 is 5.32 Å². The Morgan fingerprint density at radius 1 is 1.29 bits per heavy atom. The summed E-state index contributed by atoms with van der Waals surface area (Å²) >= 11 is 0. The predicted octanol–water partition coefficient (Wildman–Crippen LogP) is 2.65. The predicted molar refractivity (Wildman–Crippen MR) is 73.0 cm³/mol. The van der Waals surface area contributed by atoms with Gasteiger partial charge in [-0.1, -0.05) is 30.3 Å². The van der Waals surface area contributed by atoms with Crippen LogP contribution in [0.25, 0.3) is 0 Å². The summed E-state index contributed by atoms with van der Waals surface area (Å²) in [6.45, 7) is 8.04. The summed E-state index contributed by atoms with van der Waals surface area (Å²) in [5, 5.41) is 3.68. The van der Waals surface area contributed by atoms with Crippen molar-refractivity contribution in [2.45, 2.75) is 45.3 Å². The molecule has 1 N–H and O–H groups in total. The fraction of sp³-hybridized carbons (Fsp3) is 0.600. The Hall–Kier alpha value is -0.860. The Labute approximate surface area is 105 Å². The van der Waals surface area contributed by atoms with Gasteiger partial charge in [-0.2, -0.15) is 0 Å². The SMILES string of the molecule is CC(C)N1CCCC(NCc2ccccc2)C1. The highest BCUT2D eigenvalue weighted by Gasteiger charge is 2.20. The smallest absolute Gasteiger partial charge is 0.0208 e. The summed E-state index contributed by atoms with van der Waals surface area (Å²) < 4.78 is 0. The number of nitrogens with zero attached hydrogens (tertiary/aromatic N) is 1. The molecule has 1 fully saturated rings. The van der Waals surface area contributed by atoms with Crippen LogP contribution in [0.4, 0.5) is 0 Å². The van der Waals surface area contributed by atoms with Crippen molar-refractivity contribution in [1.82, 2.24) is 10.2 Å². The second-order valence-electron chi connectivity index (χ2n) is 5.29. The molecule has 0 bridgehead atoms. The highest BCUT2D eigenvalue weighted by atomic mass is 15.2. The average Bonchev–Trinajstić information content (AvgIpc) is 2.38. The minimum absolute atomic E-state index is 0.659. The lowest BCUT2D eigenvalue weighted by atomic mass is 10.0. The first-order valence-electron chi connectivity index (χ1n) is 6.77. The van der Waals surface area contributed by atoms with Gasteiger partial charge in [-0.15, -0.1) is 0 Å². The Balaban J connectivity index is 1.79. The molecule has 0 amide bonds. The highest BCUT2D eigenvalue weighted by Crippen LogP contribution is 2.13. The maximum absolute atomic E-state index is 3.68. The van der Waals surface area contributed by atoms with E-state index in [9.17, 15) is 0 Å². The lowest BCUT2D eigenvalue weighted by molar-refractivity contribution is 0.154. The number of likely N-dealkylation sites (tertiary alicyclic amines) is 1. The van der Waals surface area contributed by atoms with E-state index in [4.69, 9.17) is 0 Å². The molecule has 0 saturated carbocycles. The quantitative estimate of drug-likeness (QED) is 0.858. The Kier molecular flexibility index (Phi) is 4.57. The standard InChI is InChI=1S/C15H24N2/c1-13(2)17-10-6-9-15(12-17)16-11-14-7-4-3-5-8-14/h3-5,7-8,13,15-16H,6,9-12H2,1-2H3. The van der Waals surface area contributed by atoms with E-state index >= 15 is 0 Å². The molecule has 1 unspecified atom stereocenters. The van der Waals surface area contributed by atoms with E-state index in [2.05, 4.69) is 54.4 Å². The van der Waals surface area contributed by atoms with Crippen molar-refractivity contribution in [3.63, 3.8) is 0 Å². The first-order chi connectivity index (χ1) is 8.25. The monoisotopic (exact) mass is 232 g/mol. The average molecular weight is 232 g/mol. The molecule has 0 spiro atoms. The third kappa shape index (κ3) is 3.83. The van der Waals surface area contributed by atoms with Crippen LogP contribution in [-0.4, -0.2) is 30.1 Å². The van der Waals surface area contributed by atoms with E-state index < -0.39 is 0 Å². The molecule has 0 aromatic heterocycles. The molecular formula is C15H24N2. The van der Waals surface area contributed by atoms with E-state index in [1.165, 1.54) is 31.5 Å². The van der Waals surface area contributed by atoms with Crippen LogP contribution in [-0.2, 0) is 6.54 Å². The summed E-state index contributed by atoms with van der Waals surface area (Å²) in [6.07, 6.45) is 2.64. The second-order valence-corrected chi connectivity index (χ2v) is 5.29. The third-order valence-electron chi connectivity index (χ3n) is 3.62. The Morgan fingerprint density at radius 3 is 2.76 bits per heavy atom. The fourth-order valence-electron chi connectivity index (χ4n) is 2.50. The summed E-state index contributed by atoms with van der Waals surface area (Å²) in [7, 11) is 0. The maximum atomic E-state index is 3.68. The highest BCUT2D eigenvalue weighted by molar-refractivity contribution is 5.14. The number of hydrogen-bond acceptors (Lipinski definition) is 2. The van der Waals surface area contributed by atoms with E-state index in [0.29, 0.717) is 12.1 Å². The van der Waals surface area contributed by atoms with Gasteiger partial charge in [0.15, 0.2) is 0 Å². The molecule has 1 aromatic carbocycles. The van der Waals surface area contributed by atoms with Crippen LogP contribution in [0.2, 0.25) is 0 Å². The van der Waals surface area contributed by atoms with Crippen molar-refractivity contribution in [3.05, 3.63) is 35.9 Å². The lowest BCUT2D eigenvalue weighted by Gasteiger charge is -2.35. The van der Waals surface area contributed by atoms with E-state index in [1.54, 1.807) is 0 Å². The van der Waals surface area contributed by atoms with Gasteiger partial charge in [0.1, 0.15) is 0 Å². The summed E-state index contributed by atoms with van der Waals surface area (Å²) in [5.41, 5.74) is 1.38. The molecule has 2 nitrogen and oxygen atoms in total. The fourth-order valence-corrected chi connectivity index (χ4v) is 2.50. The van der Waals surface area contributed by atoms with Crippen LogP contribution in [0, 0.1) is 0 Å². The zero-order chi connectivity index (χ0) is 12.1. The maximum Gasteiger partial charge on any atom is 0.0208 e. The van der Waals surface area contributed by atoms with Crippen LogP contribution in [0.1, 0.15) is 32.3 Å². The number of piperidine rings is 1. The number of hydrogen-bond donors (Lipinski definition) is 1. The van der Waals surface area contributed by atoms with Crippen LogP contribution in [0.5, 0.6) is 0 Å². The van der Waals surface area contributed by atoms with Gasteiger partial charge in [0.05, 0.1) is 0 Å². The minimum Gasteiger partial charge on any atom is -0.309 e. The molecule has 2 heteroatoms. The van der Waals surface area contributed by atoms with Crippen molar-refractivity contribution < 1.29 is 0 Å². The summed E-state index contributed by atoms with van der Waals surface area (Å²) in [5.74, 6) is 0. The van der Waals surface area contributed by atoms with E-state index in [-0.39, 0.29) is 0 Å². The molecule has 1 heterocycles. The molecular weight excluding hydrogens is 208 g/mol. The van der Waals surface area contributed by atoms with E-state index in [1.807, 2.05) is 0 Å². The molecule has 1 aliphatic heterocycles. The first kappa shape index (κ1) is 12.6. The van der Waals surface area contributed by atoms with Gasteiger partial charge >= 0.3 is 0 Å². The van der Waals surface area contributed by atoms with Gasteiger partial charge in [-0.3, -0.25) is 4.90 Å². The zero-order valence-corrected chi connectivity index (χ0v) is 11.0. The lowest BCUT2D eigenvalue weighted by Crippen LogP contribution is -2.47. The van der Waals surface area contributed by atoms with Crippen molar-refractivity contribution in [3.8, 4) is 0 Å². The van der Waals surface area contributed by atoms with E-state index in [0.717, 1.165) is 6.54 Å². The van der Waals surface area contributed by atoms with Gasteiger partial charge in [0.25, 0.3) is 0 Å². The van der Waals surface area contributed by atoms with Crippen LogP contribution in [0.15, 0.2) is 30.3 Å². The minimum atomic E-state index is 0.659. The largest absolute Gasteiger partial charge is 0.309 e. The van der Waals surface area contributed by atoms with Crippen LogP contribution < -0.4 is 5.32 Å². The van der Waals surface area contributed by atoms with Gasteiger partial charge in [-0.25, -0.2) is 0 Å². The van der Waals surface area contributed by atoms with Crippen LogP contribution in [0.3, 0.4) is 0 Å². The molecule has 2 rings (SSSR count). The van der Waals surface area contributed by atoms with Gasteiger partial charge in [0.2, 0.25) is 0 Å². The number of nitrogens with one attached hydrogen (secondary N) is 1. The molecule has 0 radical (unpaired) electrons. The molecule has 1 aliphatic rings. The number of benzene rings is 1. The zero-order valence-electron chi connectivity index (χ0n) is 11.0. The van der Waals surface area contributed by atoms with Gasteiger partial charge in [0, 0.05) is 25.2 Å². The van der Waals surface area contributed by atoms with Gasteiger partial charge in [-0.05, 0) is 38.8 Å². The molecule has 17 heavy (non-hydrogen) atoms. The normalized spacial score (nSPS) is 21.9. The number of rotatable bonds is 4. The topological polar surface area (TPSA) is 15.3 Å². The van der Waals surface area contributed by atoms with Crippen molar-refractivity contribution >= 4 is 0 Å². The van der Waals surface area contributed by atoms with Crippen molar-refractivity contribution in [2.75, 3.05) is 13.1 Å².